The molecule has 334 valence electrons. The number of aliphatic hydroxyl groups is 2. The third-order valence-electron chi connectivity index (χ3n) is 13.0. The predicted molar refractivity (Wildman–Crippen MR) is 248 cm³/mol. The lowest BCUT2D eigenvalue weighted by Crippen LogP contribution is -2.70. The highest BCUT2D eigenvalue weighted by molar-refractivity contribution is 6.03. The second kappa shape index (κ2) is 21.3. The Morgan fingerprint density at radius 2 is 1.68 bits per heavy atom. The average Bonchev–Trinajstić information content (AvgIpc) is 3.29. The van der Waals surface area contributed by atoms with E-state index < -0.39 is 23.8 Å². The van der Waals surface area contributed by atoms with Crippen LogP contribution in [-0.4, -0.2) is 71.8 Å². The molecule has 1 aliphatic heterocycles. The number of allylic oxidation sites excluding steroid dienone is 1. The Morgan fingerprint density at radius 3 is 2.44 bits per heavy atom. The highest BCUT2D eigenvalue weighted by Gasteiger charge is 2.65. The summed E-state index contributed by atoms with van der Waals surface area (Å²) in [6.45, 7) is 15.1. The van der Waals surface area contributed by atoms with Crippen LogP contribution in [0.3, 0.4) is 0 Å². The lowest BCUT2D eigenvalue weighted by atomic mass is 9.55. The molecule has 2 aliphatic carbocycles. The van der Waals surface area contributed by atoms with E-state index in [0.717, 1.165) is 70.2 Å². The first-order chi connectivity index (χ1) is 30.8. The van der Waals surface area contributed by atoms with Crippen LogP contribution in [0, 0.1) is 31.6 Å². The Labute approximate surface area is 372 Å². The number of ether oxygens (including phenoxy) is 4. The summed E-state index contributed by atoms with van der Waals surface area (Å²) >= 11 is 0. The van der Waals surface area contributed by atoms with Gasteiger partial charge in [0.2, 0.25) is 5.79 Å². The zero-order chi connectivity index (χ0) is 44.3. The number of carbonyl (C=O) groups is 1. The van der Waals surface area contributed by atoms with E-state index in [1.54, 1.807) is 17.1 Å². The monoisotopic (exact) mass is 856 g/mol. The minimum absolute atomic E-state index is 0.0633. The van der Waals surface area contributed by atoms with Gasteiger partial charge in [-0.25, -0.2) is 4.79 Å². The summed E-state index contributed by atoms with van der Waals surface area (Å²) in [5.41, 5.74) is 5.96. The summed E-state index contributed by atoms with van der Waals surface area (Å²) < 4.78 is 27.3. The summed E-state index contributed by atoms with van der Waals surface area (Å²) in [7, 11) is 0. The normalized spacial score (nSPS) is 22.9. The van der Waals surface area contributed by atoms with Crippen molar-refractivity contribution < 1.29 is 38.8 Å². The molecule has 1 heterocycles. The van der Waals surface area contributed by atoms with Crippen molar-refractivity contribution in [3.05, 3.63) is 138 Å². The second-order valence-electron chi connectivity index (χ2n) is 17.0. The summed E-state index contributed by atoms with van der Waals surface area (Å²) in [4.78, 5) is 22.6. The van der Waals surface area contributed by atoms with Crippen LogP contribution in [-0.2, 0) is 20.9 Å². The Morgan fingerprint density at radius 1 is 0.921 bits per heavy atom. The summed E-state index contributed by atoms with van der Waals surface area (Å²) in [5, 5.41) is 26.9. The van der Waals surface area contributed by atoms with Crippen LogP contribution < -0.4 is 9.47 Å². The lowest BCUT2D eigenvalue weighted by molar-refractivity contribution is -0.256. The van der Waals surface area contributed by atoms with Crippen molar-refractivity contribution in [3.63, 3.8) is 0 Å². The molecule has 0 radical (unpaired) electrons. The molecule has 1 fully saturated rings. The van der Waals surface area contributed by atoms with Gasteiger partial charge < -0.3 is 34.0 Å². The Kier molecular flexibility index (Phi) is 15.4. The van der Waals surface area contributed by atoms with Crippen molar-refractivity contribution in [2.24, 2.45) is 22.9 Å². The molecule has 1 amide bonds. The molecule has 0 aromatic heterocycles. The predicted octanol–water partition coefficient (Wildman–Crippen LogP) is 11.1. The Balaban J connectivity index is 1.46. The standard InChI is InChI=1S/C53H64N2O8/c1-6-9-30-59-52(58)55(35-40-20-16-19-38-17-10-11-21-43(38)40)49-34-47(54-61-8-3)45-32-39(18-12-14-27-56)44(22-13-15-28-57)50-46-33-42(62-41-24-23-36(4)37(5)31-41)25-26-48(46)63-53(49,51(45)50)60-29-7-2/h6-7,10-11,16-17,19-21,23-26,31-33,39,44,49-51,56-57H,1-2,8-9,12-15,18,22,27-30,34-35H2,3-5H3/t39-,44+,49-,50+,51+,53+/m0/s1. The van der Waals surface area contributed by atoms with Gasteiger partial charge in [0, 0.05) is 31.1 Å². The van der Waals surface area contributed by atoms with Crippen LogP contribution in [0.2, 0.25) is 0 Å². The first-order valence-corrected chi connectivity index (χ1v) is 22.7. The Hall–Kier alpha value is -5.42. The SMILES string of the molecule is C=CCCOC(=O)N(Cc1cccc2ccccc12)[C@H]1CC(=NOCC)C2=C[C@H](CCCCO)[C@@H](CCCCO)[C@@H]3c4cc(Oc5ccc(C)c(C)c5)ccc4O[C@@]1(OCC=C)[C@H]23. The van der Waals surface area contributed by atoms with E-state index in [1.807, 2.05) is 43.3 Å². The number of hydrogen-bond donors (Lipinski definition) is 2. The van der Waals surface area contributed by atoms with Crippen LogP contribution >= 0.6 is 0 Å². The molecule has 2 N–H and O–H groups in total. The van der Waals surface area contributed by atoms with E-state index in [1.165, 1.54) is 5.56 Å². The fourth-order valence-electron chi connectivity index (χ4n) is 10.00. The molecule has 4 aromatic rings. The van der Waals surface area contributed by atoms with Crippen molar-refractivity contribution in [1.82, 2.24) is 4.90 Å². The van der Waals surface area contributed by atoms with Gasteiger partial charge in [-0.2, -0.15) is 0 Å². The summed E-state index contributed by atoms with van der Waals surface area (Å²) in [6, 6.07) is 25.7. The highest BCUT2D eigenvalue weighted by Crippen LogP contribution is 2.62. The van der Waals surface area contributed by atoms with E-state index in [2.05, 4.69) is 75.5 Å². The van der Waals surface area contributed by atoms with Crippen molar-refractivity contribution in [2.45, 2.75) is 96.4 Å². The van der Waals surface area contributed by atoms with Crippen LogP contribution in [0.4, 0.5) is 4.79 Å². The van der Waals surface area contributed by atoms with Crippen molar-refractivity contribution in [2.75, 3.05) is 33.0 Å². The maximum absolute atomic E-state index is 14.9. The van der Waals surface area contributed by atoms with Crippen LogP contribution in [0.1, 0.15) is 86.5 Å². The minimum Gasteiger partial charge on any atom is -0.459 e. The maximum Gasteiger partial charge on any atom is 0.410 e. The van der Waals surface area contributed by atoms with Gasteiger partial charge in [-0.3, -0.25) is 4.90 Å². The molecule has 63 heavy (non-hydrogen) atoms. The third-order valence-corrected chi connectivity index (χ3v) is 13.0. The molecule has 10 heteroatoms. The molecule has 7 rings (SSSR count). The van der Waals surface area contributed by atoms with Gasteiger partial charge in [-0.15, -0.1) is 13.2 Å². The van der Waals surface area contributed by atoms with E-state index >= 15 is 0 Å². The number of rotatable bonds is 21. The number of oxime groups is 1. The van der Waals surface area contributed by atoms with Gasteiger partial charge in [-0.05, 0) is 128 Å². The van der Waals surface area contributed by atoms with Crippen LogP contribution in [0.15, 0.2) is 121 Å². The molecular weight excluding hydrogens is 793 g/mol. The quantitative estimate of drug-likeness (QED) is 0.0483. The molecule has 0 unspecified atom stereocenters. The van der Waals surface area contributed by atoms with E-state index in [-0.39, 0.29) is 57.1 Å². The number of aliphatic hydroxyl groups excluding tert-OH is 2. The van der Waals surface area contributed by atoms with Gasteiger partial charge in [0.1, 0.15) is 29.9 Å². The molecule has 6 atom stereocenters. The molecule has 3 aliphatic rings. The number of aryl methyl sites for hydroxylation is 2. The first-order valence-electron chi connectivity index (χ1n) is 22.7. The minimum atomic E-state index is -1.44. The number of benzene rings is 4. The van der Waals surface area contributed by atoms with Crippen LogP contribution in [0.25, 0.3) is 10.8 Å². The lowest BCUT2D eigenvalue weighted by Gasteiger charge is -2.59. The molecule has 10 nitrogen and oxygen atoms in total. The number of amides is 1. The van der Waals surface area contributed by atoms with Crippen molar-refractivity contribution in [1.29, 1.82) is 0 Å². The fraction of sp³-hybridized carbons (Fsp3) is 0.434. The zero-order valence-corrected chi connectivity index (χ0v) is 37.2. The number of carbonyl (C=O) groups excluding carboxylic acids is 1. The van der Waals surface area contributed by atoms with E-state index in [4.69, 9.17) is 28.9 Å². The van der Waals surface area contributed by atoms with Gasteiger partial charge in [0.15, 0.2) is 0 Å². The van der Waals surface area contributed by atoms with Gasteiger partial charge >= 0.3 is 6.09 Å². The van der Waals surface area contributed by atoms with E-state index in [0.29, 0.717) is 37.4 Å². The molecular formula is C53H64N2O8. The van der Waals surface area contributed by atoms with Gasteiger partial charge in [-0.1, -0.05) is 84.8 Å². The largest absolute Gasteiger partial charge is 0.459 e. The van der Waals surface area contributed by atoms with Gasteiger partial charge in [0.05, 0.1) is 31.4 Å². The summed E-state index contributed by atoms with van der Waals surface area (Å²) in [6.07, 6.45) is 10.7. The topological polar surface area (TPSA) is 119 Å². The number of fused-ring (bicyclic) bond motifs is 3. The molecule has 1 saturated carbocycles. The molecule has 0 bridgehead atoms. The third kappa shape index (κ3) is 9.89. The van der Waals surface area contributed by atoms with Crippen LogP contribution in [0.5, 0.6) is 17.2 Å². The number of hydrogen-bond acceptors (Lipinski definition) is 9. The first kappa shape index (κ1) is 45.6. The van der Waals surface area contributed by atoms with E-state index in [9.17, 15) is 15.0 Å². The maximum atomic E-state index is 14.9. The highest BCUT2D eigenvalue weighted by atomic mass is 16.7. The average molecular weight is 857 g/mol. The number of nitrogens with zero attached hydrogens (tertiary/aromatic N) is 2. The number of unbranched alkanes of at least 4 members (excludes halogenated alkanes) is 2. The molecule has 0 spiro atoms. The molecule has 0 saturated heterocycles. The second-order valence-corrected chi connectivity index (χ2v) is 17.0. The van der Waals surface area contributed by atoms with Gasteiger partial charge in [0.25, 0.3) is 0 Å². The van der Waals surface area contributed by atoms with Crippen molar-refractivity contribution in [3.8, 4) is 17.2 Å². The smallest absolute Gasteiger partial charge is 0.410 e. The zero-order valence-electron chi connectivity index (χ0n) is 37.2. The Bertz CT molecular complexity index is 2280. The molecule has 4 aromatic carbocycles. The fourth-order valence-corrected chi connectivity index (χ4v) is 10.00. The van der Waals surface area contributed by atoms with Crippen molar-refractivity contribution >= 4 is 22.6 Å². The summed E-state index contributed by atoms with van der Waals surface area (Å²) in [5.74, 6) is 0.122.